The Labute approximate surface area is 164 Å². The van der Waals surface area contributed by atoms with E-state index in [4.69, 9.17) is 21.1 Å². The van der Waals surface area contributed by atoms with Crippen LogP contribution in [0.2, 0.25) is 5.02 Å². The Morgan fingerprint density at radius 2 is 2.11 bits per heavy atom. The Morgan fingerprint density at radius 3 is 2.85 bits per heavy atom. The van der Waals surface area contributed by atoms with Gasteiger partial charge in [-0.25, -0.2) is 4.79 Å². The molecular weight excluding hydrogens is 398 g/mol. The highest BCUT2D eigenvalue weighted by Crippen LogP contribution is 2.38. The minimum absolute atomic E-state index is 0.216. The lowest BCUT2D eigenvalue weighted by molar-refractivity contribution is -0.148. The van der Waals surface area contributed by atoms with Gasteiger partial charge in [0.1, 0.15) is 0 Å². The van der Waals surface area contributed by atoms with Crippen molar-refractivity contribution in [2.24, 2.45) is 0 Å². The molecule has 27 heavy (non-hydrogen) atoms. The summed E-state index contributed by atoms with van der Waals surface area (Å²) < 4.78 is 9.57. The molecule has 2 rings (SSSR count). The van der Waals surface area contributed by atoms with Crippen molar-refractivity contribution >= 4 is 52.9 Å². The van der Waals surface area contributed by atoms with Gasteiger partial charge in [0.2, 0.25) is 5.91 Å². The number of benzene rings is 1. The van der Waals surface area contributed by atoms with Crippen molar-refractivity contribution in [1.82, 2.24) is 10.6 Å². The van der Waals surface area contributed by atoms with E-state index < -0.39 is 29.8 Å². The molecule has 0 saturated heterocycles. The predicted molar refractivity (Wildman–Crippen MR) is 98.7 cm³/mol. The summed E-state index contributed by atoms with van der Waals surface area (Å²) in [6.45, 7) is -0.0924. The summed E-state index contributed by atoms with van der Waals surface area (Å²) in [7, 11) is 1.47. The molecule has 146 valence electrons. The summed E-state index contributed by atoms with van der Waals surface area (Å²) in [6, 6.07) is 4.33. The van der Waals surface area contributed by atoms with Crippen LogP contribution in [0.1, 0.15) is 6.42 Å². The number of imide groups is 1. The van der Waals surface area contributed by atoms with Crippen LogP contribution >= 0.6 is 23.4 Å². The fourth-order valence-electron chi connectivity index (χ4n) is 2.09. The van der Waals surface area contributed by atoms with Crippen molar-refractivity contribution in [3.05, 3.63) is 23.2 Å². The Hall–Kier alpha value is -2.30. The predicted octanol–water partition coefficient (Wildman–Crippen LogP) is 1.16. The van der Waals surface area contributed by atoms with Crippen LogP contribution in [0.4, 0.5) is 10.5 Å². The monoisotopic (exact) mass is 415 g/mol. The largest absolute Gasteiger partial charge is 0.456 e. The molecule has 11 heteroatoms. The van der Waals surface area contributed by atoms with Crippen LogP contribution in [0.3, 0.4) is 0 Å². The van der Waals surface area contributed by atoms with E-state index in [1.807, 2.05) is 5.32 Å². The first kappa shape index (κ1) is 21.0. The number of methoxy groups -OCH3 is 1. The average molecular weight is 416 g/mol. The van der Waals surface area contributed by atoms with E-state index in [1.165, 1.54) is 18.9 Å². The molecule has 1 aromatic carbocycles. The number of ether oxygens (including phenoxy) is 2. The summed E-state index contributed by atoms with van der Waals surface area (Å²) in [5.74, 6) is -1.86. The van der Waals surface area contributed by atoms with Gasteiger partial charge in [-0.1, -0.05) is 11.6 Å². The highest BCUT2D eigenvalue weighted by atomic mass is 35.5. The minimum atomic E-state index is -0.779. The average Bonchev–Trinajstić information content (AvgIpc) is 2.61. The zero-order valence-electron chi connectivity index (χ0n) is 14.4. The maximum Gasteiger partial charge on any atom is 0.321 e. The normalized spacial score (nSPS) is 15.3. The van der Waals surface area contributed by atoms with Crippen LogP contribution in [-0.4, -0.2) is 55.9 Å². The van der Waals surface area contributed by atoms with Crippen molar-refractivity contribution in [3.8, 4) is 0 Å². The molecule has 0 aliphatic carbocycles. The Balaban J connectivity index is 1.75. The number of carbonyl (C=O) groups excluding carboxylic acids is 4. The standard InChI is InChI=1S/C16H18ClN3O6S/c1-25-5-4-18-16(24)20-13(21)8-26-14(22)7-12-15(23)19-10-6-9(17)2-3-11(10)27-12/h2-3,6,12H,4-5,7-8H2,1H3,(H,19,23)(H2,18,20,21,24). The molecule has 0 aromatic heterocycles. The van der Waals surface area contributed by atoms with E-state index >= 15 is 0 Å². The summed E-state index contributed by atoms with van der Waals surface area (Å²) in [4.78, 5) is 47.7. The number of thioether (sulfide) groups is 1. The molecular formula is C16H18ClN3O6S. The van der Waals surface area contributed by atoms with E-state index in [9.17, 15) is 19.2 Å². The number of anilines is 1. The summed E-state index contributed by atoms with van der Waals surface area (Å²) in [5, 5.41) is 6.87. The third kappa shape index (κ3) is 6.74. The highest BCUT2D eigenvalue weighted by molar-refractivity contribution is 8.01. The number of esters is 1. The van der Waals surface area contributed by atoms with Gasteiger partial charge in [-0.2, -0.15) is 0 Å². The number of nitrogens with one attached hydrogen (secondary N) is 3. The number of fused-ring (bicyclic) bond motifs is 1. The van der Waals surface area contributed by atoms with Crippen molar-refractivity contribution < 1.29 is 28.7 Å². The van der Waals surface area contributed by atoms with Crippen LogP contribution in [0, 0.1) is 0 Å². The molecule has 1 unspecified atom stereocenters. The van der Waals surface area contributed by atoms with E-state index in [0.717, 1.165) is 4.90 Å². The van der Waals surface area contributed by atoms with Gasteiger partial charge >= 0.3 is 12.0 Å². The van der Waals surface area contributed by atoms with Gasteiger partial charge in [0.25, 0.3) is 5.91 Å². The first-order valence-electron chi connectivity index (χ1n) is 7.88. The van der Waals surface area contributed by atoms with E-state index in [-0.39, 0.29) is 18.9 Å². The molecule has 1 atom stereocenters. The SMILES string of the molecule is COCCNC(=O)NC(=O)COC(=O)CC1Sc2ccc(Cl)cc2NC1=O. The topological polar surface area (TPSA) is 123 Å². The summed E-state index contributed by atoms with van der Waals surface area (Å²) in [5.41, 5.74) is 0.584. The van der Waals surface area contributed by atoms with Crippen LogP contribution in [0.25, 0.3) is 0 Å². The molecule has 4 amide bonds. The third-order valence-electron chi connectivity index (χ3n) is 3.32. The summed E-state index contributed by atoms with van der Waals surface area (Å²) >= 11 is 7.09. The number of rotatable bonds is 7. The van der Waals surface area contributed by atoms with Crippen LogP contribution < -0.4 is 16.0 Å². The van der Waals surface area contributed by atoms with Crippen LogP contribution in [0.5, 0.6) is 0 Å². The number of amides is 4. The lowest BCUT2D eigenvalue weighted by Gasteiger charge is -2.23. The second-order valence-electron chi connectivity index (χ2n) is 5.40. The molecule has 0 fully saturated rings. The lowest BCUT2D eigenvalue weighted by atomic mass is 10.2. The number of halogens is 1. The van der Waals surface area contributed by atoms with E-state index in [1.54, 1.807) is 18.2 Å². The minimum Gasteiger partial charge on any atom is -0.456 e. The first-order chi connectivity index (χ1) is 12.9. The number of carbonyl (C=O) groups is 4. The van der Waals surface area contributed by atoms with E-state index in [2.05, 4.69) is 10.6 Å². The molecule has 3 N–H and O–H groups in total. The quantitative estimate of drug-likeness (QED) is 0.451. The molecule has 0 spiro atoms. The first-order valence-corrected chi connectivity index (χ1v) is 9.14. The molecule has 0 bridgehead atoms. The van der Waals surface area contributed by atoms with Gasteiger partial charge in [-0.05, 0) is 18.2 Å². The zero-order valence-corrected chi connectivity index (χ0v) is 15.9. The van der Waals surface area contributed by atoms with Gasteiger partial charge in [-0.15, -0.1) is 11.8 Å². The molecule has 1 aliphatic rings. The molecule has 1 aromatic rings. The van der Waals surface area contributed by atoms with Gasteiger partial charge in [0.15, 0.2) is 6.61 Å². The molecule has 1 heterocycles. The maximum atomic E-state index is 12.1. The second kappa shape index (κ2) is 10.1. The Morgan fingerprint density at radius 1 is 1.33 bits per heavy atom. The van der Waals surface area contributed by atoms with Gasteiger partial charge < -0.3 is 20.1 Å². The van der Waals surface area contributed by atoms with Gasteiger partial charge in [0.05, 0.1) is 24.0 Å². The van der Waals surface area contributed by atoms with Gasteiger partial charge in [-0.3, -0.25) is 19.7 Å². The highest BCUT2D eigenvalue weighted by Gasteiger charge is 2.30. The molecule has 0 saturated carbocycles. The fraction of sp³-hybridized carbons (Fsp3) is 0.375. The molecule has 9 nitrogen and oxygen atoms in total. The third-order valence-corrected chi connectivity index (χ3v) is 4.83. The van der Waals surface area contributed by atoms with Gasteiger partial charge in [0, 0.05) is 23.6 Å². The van der Waals surface area contributed by atoms with Crippen molar-refractivity contribution in [1.29, 1.82) is 0 Å². The van der Waals surface area contributed by atoms with Crippen LogP contribution in [-0.2, 0) is 23.9 Å². The Kier molecular flexibility index (Phi) is 7.89. The number of urea groups is 1. The second-order valence-corrected chi connectivity index (χ2v) is 7.08. The molecule has 0 radical (unpaired) electrons. The van der Waals surface area contributed by atoms with Crippen molar-refractivity contribution in [3.63, 3.8) is 0 Å². The molecule has 1 aliphatic heterocycles. The van der Waals surface area contributed by atoms with Crippen LogP contribution in [0.15, 0.2) is 23.1 Å². The number of hydrogen-bond donors (Lipinski definition) is 3. The summed E-state index contributed by atoms with van der Waals surface area (Å²) in [6.07, 6.45) is -0.216. The Bertz CT molecular complexity index is 745. The maximum absolute atomic E-state index is 12.1. The van der Waals surface area contributed by atoms with Crippen molar-refractivity contribution in [2.75, 3.05) is 32.2 Å². The van der Waals surface area contributed by atoms with E-state index in [0.29, 0.717) is 17.3 Å². The smallest absolute Gasteiger partial charge is 0.321 e. The fourth-order valence-corrected chi connectivity index (χ4v) is 3.33. The zero-order chi connectivity index (χ0) is 19.8. The number of hydrogen-bond acceptors (Lipinski definition) is 7. The lowest BCUT2D eigenvalue weighted by Crippen LogP contribution is -2.42. The van der Waals surface area contributed by atoms with Crippen molar-refractivity contribution in [2.45, 2.75) is 16.6 Å².